The van der Waals surface area contributed by atoms with E-state index < -0.39 is 0 Å². The molecule has 0 bridgehead atoms. The van der Waals surface area contributed by atoms with Gasteiger partial charge in [-0.25, -0.2) is 4.98 Å². The summed E-state index contributed by atoms with van der Waals surface area (Å²) in [6.45, 7) is 0. The molecule has 0 unspecified atom stereocenters. The number of pyridine rings is 1. The third-order valence-corrected chi connectivity index (χ3v) is 4.19. The molecule has 3 heterocycles. The predicted molar refractivity (Wildman–Crippen MR) is 89.5 cm³/mol. The van der Waals surface area contributed by atoms with Gasteiger partial charge >= 0.3 is 0 Å². The van der Waals surface area contributed by atoms with E-state index in [0.717, 1.165) is 16.8 Å². The molecular weight excluding hydrogens is 333 g/mol. The first-order valence-corrected chi connectivity index (χ1v) is 7.54. The highest BCUT2D eigenvalue weighted by Crippen LogP contribution is 2.28. The number of rotatable bonds is 2. The van der Waals surface area contributed by atoms with Crippen molar-refractivity contribution in [1.82, 2.24) is 24.6 Å². The smallest absolute Gasteiger partial charge is 0.169 e. The Morgan fingerprint density at radius 2 is 1.65 bits per heavy atom. The van der Waals surface area contributed by atoms with Crippen LogP contribution in [0.25, 0.3) is 28.3 Å². The van der Waals surface area contributed by atoms with Gasteiger partial charge in [-0.05, 0) is 30.3 Å². The third kappa shape index (κ3) is 2.54. The van der Waals surface area contributed by atoms with E-state index in [1.807, 2.05) is 28.7 Å². The van der Waals surface area contributed by atoms with Crippen molar-refractivity contribution in [2.24, 2.45) is 0 Å². The van der Waals surface area contributed by atoms with Gasteiger partial charge in [-0.2, -0.15) is 0 Å². The zero-order valence-electron chi connectivity index (χ0n) is 11.7. The minimum Gasteiger partial charge on any atom is -0.265 e. The van der Waals surface area contributed by atoms with E-state index in [4.69, 9.17) is 23.2 Å². The average Bonchev–Trinajstić information content (AvgIpc) is 3.01. The van der Waals surface area contributed by atoms with E-state index in [1.165, 1.54) is 0 Å². The van der Waals surface area contributed by atoms with Crippen molar-refractivity contribution in [3.8, 4) is 22.6 Å². The molecule has 23 heavy (non-hydrogen) atoms. The van der Waals surface area contributed by atoms with E-state index in [2.05, 4.69) is 20.2 Å². The second kappa shape index (κ2) is 5.61. The predicted octanol–water partition coefficient (Wildman–Crippen LogP) is 4.16. The van der Waals surface area contributed by atoms with Gasteiger partial charge < -0.3 is 0 Å². The van der Waals surface area contributed by atoms with Crippen LogP contribution in [0.4, 0.5) is 0 Å². The first-order chi connectivity index (χ1) is 11.2. The zero-order chi connectivity index (χ0) is 15.8. The third-order valence-electron chi connectivity index (χ3n) is 3.45. The van der Waals surface area contributed by atoms with Gasteiger partial charge in [-0.15, -0.1) is 10.2 Å². The Morgan fingerprint density at radius 1 is 0.826 bits per heavy atom. The Labute approximate surface area is 141 Å². The fourth-order valence-corrected chi connectivity index (χ4v) is 2.61. The van der Waals surface area contributed by atoms with Crippen LogP contribution in [0.1, 0.15) is 0 Å². The molecule has 4 rings (SSSR count). The molecule has 112 valence electrons. The number of halogens is 2. The van der Waals surface area contributed by atoms with Crippen LogP contribution >= 0.6 is 23.2 Å². The molecule has 3 aromatic heterocycles. The van der Waals surface area contributed by atoms with Crippen LogP contribution in [0, 0.1) is 0 Å². The van der Waals surface area contributed by atoms with E-state index in [-0.39, 0.29) is 0 Å². The number of benzene rings is 1. The summed E-state index contributed by atoms with van der Waals surface area (Å²) in [5.74, 6) is 0.660. The zero-order valence-corrected chi connectivity index (χ0v) is 13.2. The van der Waals surface area contributed by atoms with Crippen molar-refractivity contribution < 1.29 is 0 Å². The van der Waals surface area contributed by atoms with Crippen LogP contribution in [0.2, 0.25) is 10.0 Å². The highest BCUT2D eigenvalue weighted by molar-refractivity contribution is 6.42. The summed E-state index contributed by atoms with van der Waals surface area (Å²) in [5, 5.41) is 9.42. The molecular formula is C16H9Cl2N5. The van der Waals surface area contributed by atoms with E-state index in [1.54, 1.807) is 30.9 Å². The lowest BCUT2D eigenvalue weighted by Gasteiger charge is -2.03. The second-order valence-corrected chi connectivity index (χ2v) is 5.71. The first-order valence-electron chi connectivity index (χ1n) is 6.79. The Morgan fingerprint density at radius 3 is 2.43 bits per heavy atom. The Kier molecular flexibility index (Phi) is 3.44. The average molecular weight is 342 g/mol. The lowest BCUT2D eigenvalue weighted by atomic mass is 10.2. The van der Waals surface area contributed by atoms with Crippen LogP contribution in [0.5, 0.6) is 0 Å². The van der Waals surface area contributed by atoms with Crippen molar-refractivity contribution in [3.63, 3.8) is 0 Å². The van der Waals surface area contributed by atoms with E-state index >= 15 is 0 Å². The van der Waals surface area contributed by atoms with Crippen LogP contribution in [-0.4, -0.2) is 24.6 Å². The van der Waals surface area contributed by atoms with Gasteiger partial charge in [0, 0.05) is 29.6 Å². The van der Waals surface area contributed by atoms with Gasteiger partial charge in [0.2, 0.25) is 0 Å². The van der Waals surface area contributed by atoms with E-state index in [9.17, 15) is 0 Å². The van der Waals surface area contributed by atoms with Crippen molar-refractivity contribution in [3.05, 3.63) is 65.2 Å². The summed E-state index contributed by atoms with van der Waals surface area (Å²) in [5.41, 5.74) is 3.31. The Hall–Kier alpha value is -2.50. The molecule has 0 saturated carbocycles. The molecule has 0 fully saturated rings. The minimum absolute atomic E-state index is 0.474. The molecule has 0 amide bonds. The van der Waals surface area contributed by atoms with Crippen molar-refractivity contribution in [2.75, 3.05) is 0 Å². The maximum Gasteiger partial charge on any atom is 0.169 e. The minimum atomic E-state index is 0.474. The molecule has 0 N–H and O–H groups in total. The van der Waals surface area contributed by atoms with Gasteiger partial charge in [0.15, 0.2) is 11.5 Å². The number of aromatic nitrogens is 5. The van der Waals surface area contributed by atoms with Crippen molar-refractivity contribution >= 4 is 28.8 Å². The standard InChI is InChI=1S/C16H9Cl2N5/c17-12-2-1-11(7-13(12)18)16-22-21-15-8-14(20-9-23(15)16)10-3-5-19-6-4-10/h1-9H. The van der Waals surface area contributed by atoms with Crippen LogP contribution in [0.3, 0.4) is 0 Å². The summed E-state index contributed by atoms with van der Waals surface area (Å²) in [4.78, 5) is 8.48. The van der Waals surface area contributed by atoms with E-state index in [0.29, 0.717) is 21.5 Å². The van der Waals surface area contributed by atoms with Crippen LogP contribution < -0.4 is 0 Å². The normalized spacial score (nSPS) is 11.0. The maximum atomic E-state index is 6.08. The largest absolute Gasteiger partial charge is 0.265 e. The highest BCUT2D eigenvalue weighted by Gasteiger charge is 2.11. The fraction of sp³-hybridized carbons (Fsp3) is 0. The van der Waals surface area contributed by atoms with Crippen LogP contribution in [0.15, 0.2) is 55.1 Å². The molecule has 0 spiro atoms. The molecule has 0 saturated heterocycles. The monoisotopic (exact) mass is 341 g/mol. The molecule has 0 radical (unpaired) electrons. The second-order valence-electron chi connectivity index (χ2n) is 4.89. The lowest BCUT2D eigenvalue weighted by molar-refractivity contribution is 1.08. The fourth-order valence-electron chi connectivity index (χ4n) is 2.31. The first kappa shape index (κ1) is 14.1. The molecule has 0 atom stereocenters. The highest BCUT2D eigenvalue weighted by atomic mass is 35.5. The molecule has 1 aromatic carbocycles. The quantitative estimate of drug-likeness (QED) is 0.549. The summed E-state index contributed by atoms with van der Waals surface area (Å²) in [6, 6.07) is 11.0. The summed E-state index contributed by atoms with van der Waals surface area (Å²) in [6.07, 6.45) is 5.15. The Balaban J connectivity index is 1.83. The van der Waals surface area contributed by atoms with Gasteiger partial charge in [-0.3, -0.25) is 9.38 Å². The molecule has 5 nitrogen and oxygen atoms in total. The Bertz CT molecular complexity index is 998. The maximum absolute atomic E-state index is 6.08. The summed E-state index contributed by atoms with van der Waals surface area (Å²) < 4.78 is 1.81. The molecule has 0 aliphatic rings. The number of hydrogen-bond donors (Lipinski definition) is 0. The van der Waals surface area contributed by atoms with Gasteiger partial charge in [0.1, 0.15) is 6.33 Å². The van der Waals surface area contributed by atoms with Gasteiger partial charge in [0.05, 0.1) is 15.7 Å². The SMILES string of the molecule is Clc1ccc(-c2nnc3cc(-c4ccncc4)ncn23)cc1Cl. The number of fused-ring (bicyclic) bond motifs is 1. The molecule has 0 aliphatic carbocycles. The van der Waals surface area contributed by atoms with Crippen molar-refractivity contribution in [2.45, 2.75) is 0 Å². The summed E-state index contributed by atoms with van der Waals surface area (Å²) >= 11 is 12.0. The van der Waals surface area contributed by atoms with Crippen molar-refractivity contribution in [1.29, 1.82) is 0 Å². The lowest BCUT2D eigenvalue weighted by Crippen LogP contribution is -1.93. The molecule has 4 aromatic rings. The van der Waals surface area contributed by atoms with Gasteiger partial charge in [-0.1, -0.05) is 23.2 Å². The topological polar surface area (TPSA) is 56.0 Å². The molecule has 0 aliphatic heterocycles. The van der Waals surface area contributed by atoms with Crippen LogP contribution in [-0.2, 0) is 0 Å². The molecule has 7 heteroatoms. The summed E-state index contributed by atoms with van der Waals surface area (Å²) in [7, 11) is 0. The van der Waals surface area contributed by atoms with Gasteiger partial charge in [0.25, 0.3) is 0 Å². The number of hydrogen-bond acceptors (Lipinski definition) is 4. The number of nitrogens with zero attached hydrogens (tertiary/aromatic N) is 5.